The van der Waals surface area contributed by atoms with Gasteiger partial charge in [0, 0.05) is 25.2 Å². The molecule has 4 amide bonds. The van der Waals surface area contributed by atoms with E-state index in [0.717, 1.165) is 11.1 Å². The summed E-state index contributed by atoms with van der Waals surface area (Å²) in [6.45, 7) is 10.2. The van der Waals surface area contributed by atoms with Crippen LogP contribution < -0.4 is 5.32 Å². The third-order valence-electron chi connectivity index (χ3n) is 9.04. The van der Waals surface area contributed by atoms with Crippen LogP contribution in [0, 0.1) is 0 Å². The van der Waals surface area contributed by atoms with E-state index in [0.29, 0.717) is 43.6 Å². The number of benzene rings is 2. The third kappa shape index (κ3) is 7.83. The van der Waals surface area contributed by atoms with Crippen LogP contribution in [0.15, 0.2) is 95.9 Å². The Balaban J connectivity index is 1.26. The molecule has 0 saturated carbocycles. The zero-order valence-corrected chi connectivity index (χ0v) is 29.7. The number of fused-ring (bicyclic) bond motifs is 1. The van der Waals surface area contributed by atoms with Gasteiger partial charge in [-0.1, -0.05) is 73.3 Å². The SMILES string of the molecule is C=CCOC(=O)N1CC[C@@H](N2CC/C(=C\C3=CS[C@@H]4[C@H](NC(=O)OC(C)(C)C)C(=O)N4[C@H]3C(=O)OC(c3ccccc3)c3ccccc3)C2=O)C1. The molecule has 2 aromatic rings. The molecule has 0 aromatic heterocycles. The van der Waals surface area contributed by atoms with E-state index >= 15 is 0 Å². The Morgan fingerprint density at radius 3 is 2.31 bits per heavy atom. The molecule has 0 aliphatic carbocycles. The number of rotatable bonds is 9. The highest BCUT2D eigenvalue weighted by atomic mass is 32.2. The van der Waals surface area contributed by atoms with Crippen LogP contribution in [0.3, 0.4) is 0 Å². The molecule has 3 saturated heterocycles. The fourth-order valence-corrected chi connectivity index (χ4v) is 7.87. The van der Waals surface area contributed by atoms with E-state index in [2.05, 4.69) is 11.9 Å². The lowest BCUT2D eigenvalue weighted by Crippen LogP contribution is -2.74. The standard InChI is InChI=1S/C38H42N4O8S/c1-5-20-48-37(47)40-18-17-28(22-40)41-19-16-26(32(41)43)21-27-23-51-34-29(39-36(46)50-38(2,3)4)33(44)42(34)30(27)35(45)49-31(24-12-8-6-9-13-24)25-14-10-7-11-15-25/h5-15,21,23,28-31,34H,1,16-20,22H2,2-4H3,(H,39,46)/b26-21+/t28-,29-,30-,34-/m1/s1. The van der Waals surface area contributed by atoms with Crippen molar-refractivity contribution < 1.29 is 38.2 Å². The summed E-state index contributed by atoms with van der Waals surface area (Å²) < 4.78 is 16.8. The van der Waals surface area contributed by atoms with Crippen molar-refractivity contribution in [1.82, 2.24) is 20.0 Å². The highest BCUT2D eigenvalue weighted by Gasteiger charge is 2.56. The van der Waals surface area contributed by atoms with E-state index in [1.54, 1.807) is 42.1 Å². The summed E-state index contributed by atoms with van der Waals surface area (Å²) in [6, 6.07) is 16.4. The lowest BCUT2D eigenvalue weighted by atomic mass is 9.95. The minimum atomic E-state index is -1.17. The van der Waals surface area contributed by atoms with Gasteiger partial charge >= 0.3 is 18.2 Å². The number of thioether (sulfide) groups is 1. The van der Waals surface area contributed by atoms with E-state index in [1.807, 2.05) is 60.7 Å². The summed E-state index contributed by atoms with van der Waals surface area (Å²) in [4.78, 5) is 71.6. The number of carbonyl (C=O) groups is 5. The van der Waals surface area contributed by atoms with Gasteiger partial charge in [0.25, 0.3) is 0 Å². The lowest BCUT2D eigenvalue weighted by Gasteiger charge is -2.51. The maximum absolute atomic E-state index is 14.4. The average Bonchev–Trinajstić information content (AvgIpc) is 3.75. The number of nitrogens with one attached hydrogen (secondary N) is 1. The van der Waals surface area contributed by atoms with Crippen LogP contribution in [0.4, 0.5) is 9.59 Å². The van der Waals surface area contributed by atoms with E-state index in [-0.39, 0.29) is 18.6 Å². The molecule has 0 spiro atoms. The van der Waals surface area contributed by atoms with E-state index < -0.39 is 53.2 Å². The molecule has 51 heavy (non-hydrogen) atoms. The molecule has 1 N–H and O–H groups in total. The number of carbonyl (C=O) groups excluding carboxylic acids is 5. The molecule has 4 aliphatic heterocycles. The zero-order valence-electron chi connectivity index (χ0n) is 28.9. The van der Waals surface area contributed by atoms with Gasteiger partial charge in [0.05, 0.1) is 6.04 Å². The summed E-state index contributed by atoms with van der Waals surface area (Å²) in [7, 11) is 0. The lowest BCUT2D eigenvalue weighted by molar-refractivity contribution is -0.164. The number of hydrogen-bond acceptors (Lipinski definition) is 9. The molecule has 3 fully saturated rings. The second-order valence-corrected chi connectivity index (χ2v) is 14.7. The minimum absolute atomic E-state index is 0.113. The Kier molecular flexibility index (Phi) is 10.6. The number of esters is 1. The predicted molar refractivity (Wildman–Crippen MR) is 190 cm³/mol. The quantitative estimate of drug-likeness (QED) is 0.126. The van der Waals surface area contributed by atoms with Gasteiger partial charge in [0.2, 0.25) is 11.8 Å². The first-order valence-electron chi connectivity index (χ1n) is 17.0. The van der Waals surface area contributed by atoms with Crippen molar-refractivity contribution in [1.29, 1.82) is 0 Å². The van der Waals surface area contributed by atoms with Crippen LogP contribution in [0.5, 0.6) is 0 Å². The fourth-order valence-electron chi connectivity index (χ4n) is 6.67. The molecule has 12 nitrogen and oxygen atoms in total. The molecule has 268 valence electrons. The Morgan fingerprint density at radius 2 is 1.69 bits per heavy atom. The van der Waals surface area contributed by atoms with Gasteiger partial charge < -0.3 is 34.2 Å². The van der Waals surface area contributed by atoms with Gasteiger partial charge in [-0.05, 0) is 61.8 Å². The van der Waals surface area contributed by atoms with Crippen molar-refractivity contribution in [2.24, 2.45) is 0 Å². The van der Waals surface area contributed by atoms with Gasteiger partial charge in [-0.15, -0.1) is 11.8 Å². The van der Waals surface area contributed by atoms with Gasteiger partial charge in [0.1, 0.15) is 23.6 Å². The summed E-state index contributed by atoms with van der Waals surface area (Å²) in [6.07, 6.45) is 2.30. The Morgan fingerprint density at radius 1 is 1.02 bits per heavy atom. The Hall–Kier alpha value is -5.04. The van der Waals surface area contributed by atoms with E-state index in [4.69, 9.17) is 14.2 Å². The van der Waals surface area contributed by atoms with Crippen molar-refractivity contribution in [3.05, 3.63) is 107 Å². The maximum Gasteiger partial charge on any atom is 0.410 e. The van der Waals surface area contributed by atoms with Crippen LogP contribution in [-0.4, -0.2) is 100 Å². The first-order chi connectivity index (χ1) is 24.4. The van der Waals surface area contributed by atoms with Gasteiger partial charge in [-0.2, -0.15) is 0 Å². The monoisotopic (exact) mass is 714 g/mol. The second-order valence-electron chi connectivity index (χ2n) is 13.7. The number of nitrogens with zero attached hydrogens (tertiary/aromatic N) is 3. The normalized spacial score (nSPS) is 23.8. The maximum atomic E-state index is 14.4. The van der Waals surface area contributed by atoms with E-state index in [1.165, 1.54) is 22.7 Å². The predicted octanol–water partition coefficient (Wildman–Crippen LogP) is 4.94. The second kappa shape index (κ2) is 15.1. The first-order valence-corrected chi connectivity index (χ1v) is 17.9. The van der Waals surface area contributed by atoms with Gasteiger partial charge in [-0.3, -0.25) is 9.59 Å². The number of amides is 4. The third-order valence-corrected chi connectivity index (χ3v) is 10.2. The van der Waals surface area contributed by atoms with Crippen LogP contribution in [0.1, 0.15) is 50.8 Å². The Bertz CT molecular complexity index is 1700. The fraction of sp³-hybridized carbons (Fsp3) is 0.395. The molecule has 4 heterocycles. The molecule has 0 unspecified atom stereocenters. The molecule has 4 atom stereocenters. The molecular weight excluding hydrogens is 673 g/mol. The van der Waals surface area contributed by atoms with Gasteiger partial charge in [-0.25, -0.2) is 14.4 Å². The Labute approximate surface area is 301 Å². The minimum Gasteiger partial charge on any atom is -0.451 e. The first kappa shape index (κ1) is 35.8. The number of alkyl carbamates (subject to hydrolysis) is 1. The number of ether oxygens (including phenoxy) is 3. The highest BCUT2D eigenvalue weighted by molar-refractivity contribution is 8.03. The zero-order chi connectivity index (χ0) is 36.3. The number of β-lactam (4-membered cyclic amide) rings is 1. The van der Waals surface area contributed by atoms with Crippen LogP contribution >= 0.6 is 11.8 Å². The van der Waals surface area contributed by atoms with Crippen molar-refractivity contribution in [3.63, 3.8) is 0 Å². The molecule has 13 heteroatoms. The van der Waals surface area contributed by atoms with Gasteiger partial charge in [0.15, 0.2) is 12.1 Å². The van der Waals surface area contributed by atoms with Crippen molar-refractivity contribution in [3.8, 4) is 0 Å². The molecule has 0 radical (unpaired) electrons. The van der Waals surface area contributed by atoms with Crippen molar-refractivity contribution in [2.75, 3.05) is 26.2 Å². The van der Waals surface area contributed by atoms with Crippen molar-refractivity contribution in [2.45, 2.75) is 68.8 Å². The summed E-state index contributed by atoms with van der Waals surface area (Å²) >= 11 is 1.28. The molecule has 2 aromatic carbocycles. The molecular formula is C38H42N4O8S. The largest absolute Gasteiger partial charge is 0.451 e. The molecule has 6 rings (SSSR count). The highest BCUT2D eigenvalue weighted by Crippen LogP contribution is 2.42. The summed E-state index contributed by atoms with van der Waals surface area (Å²) in [5.74, 6) is -1.32. The van der Waals surface area contributed by atoms with Crippen molar-refractivity contribution >= 4 is 41.7 Å². The molecule has 4 aliphatic rings. The summed E-state index contributed by atoms with van der Waals surface area (Å²) in [5, 5.41) is 3.82. The topological polar surface area (TPSA) is 135 Å². The average molecular weight is 715 g/mol. The van der Waals surface area contributed by atoms with Crippen LogP contribution in [0.2, 0.25) is 0 Å². The van der Waals surface area contributed by atoms with Crippen LogP contribution in [0.25, 0.3) is 0 Å². The van der Waals surface area contributed by atoms with E-state index in [9.17, 15) is 24.0 Å². The molecule has 0 bridgehead atoms. The smallest absolute Gasteiger partial charge is 0.410 e. The number of hydrogen-bond donors (Lipinski definition) is 1. The van der Waals surface area contributed by atoms with Crippen LogP contribution in [-0.2, 0) is 28.6 Å². The summed E-state index contributed by atoms with van der Waals surface area (Å²) in [5.41, 5.74) is 1.67. The number of likely N-dealkylation sites (tertiary alicyclic amines) is 2.